The molecule has 6 nitrogen and oxygen atoms in total. The predicted octanol–water partition coefficient (Wildman–Crippen LogP) is 2.51. The smallest absolute Gasteiger partial charge is 0.282 e. The molecule has 0 bridgehead atoms. The van der Waals surface area contributed by atoms with E-state index in [2.05, 4.69) is 5.32 Å². The van der Waals surface area contributed by atoms with Crippen molar-refractivity contribution in [1.29, 1.82) is 0 Å². The zero-order chi connectivity index (χ0) is 16.4. The van der Waals surface area contributed by atoms with Crippen molar-refractivity contribution < 1.29 is 9.72 Å². The lowest BCUT2D eigenvalue weighted by atomic mass is 10.0. The Kier molecular flexibility index (Phi) is 4.61. The van der Waals surface area contributed by atoms with Gasteiger partial charge in [-0.15, -0.1) is 0 Å². The fraction of sp³-hybridized carbons (Fsp3) is 0.588. The van der Waals surface area contributed by atoms with Crippen molar-refractivity contribution in [2.45, 2.75) is 38.6 Å². The summed E-state index contributed by atoms with van der Waals surface area (Å²) in [5.41, 5.74) is 0.809. The second-order valence-corrected chi connectivity index (χ2v) is 6.64. The third-order valence-electron chi connectivity index (χ3n) is 4.84. The van der Waals surface area contributed by atoms with Gasteiger partial charge in [-0.1, -0.05) is 12.1 Å². The first-order chi connectivity index (χ1) is 11.1. The number of rotatable bonds is 5. The zero-order valence-corrected chi connectivity index (χ0v) is 13.5. The minimum atomic E-state index is -0.468. The predicted molar refractivity (Wildman–Crippen MR) is 87.5 cm³/mol. The van der Waals surface area contributed by atoms with Crippen molar-refractivity contribution in [2.75, 3.05) is 19.6 Å². The lowest BCUT2D eigenvalue weighted by molar-refractivity contribution is -0.385. The summed E-state index contributed by atoms with van der Waals surface area (Å²) in [6.07, 6.45) is 4.50. The standard InChI is InChI=1S/C17H23N3O3/c1-12-3-2-4-15(20(22)23)16(12)17(21)19-9-7-14(8-10-19)18-11-13-5-6-13/h2-4,13-14,18H,5-11H2,1H3. The van der Waals surface area contributed by atoms with Crippen LogP contribution in [-0.2, 0) is 0 Å². The molecule has 0 spiro atoms. The molecule has 1 N–H and O–H groups in total. The molecule has 0 unspecified atom stereocenters. The van der Waals surface area contributed by atoms with Crippen LogP contribution in [0.25, 0.3) is 0 Å². The molecule has 1 aromatic rings. The minimum absolute atomic E-state index is 0.0935. The summed E-state index contributed by atoms with van der Waals surface area (Å²) in [5.74, 6) is 0.639. The number of likely N-dealkylation sites (tertiary alicyclic amines) is 1. The van der Waals surface area contributed by atoms with Crippen LogP contribution in [0.4, 0.5) is 5.69 Å². The first kappa shape index (κ1) is 15.9. The van der Waals surface area contributed by atoms with Crippen LogP contribution < -0.4 is 5.32 Å². The lowest BCUT2D eigenvalue weighted by Crippen LogP contribution is -2.45. The highest BCUT2D eigenvalue weighted by atomic mass is 16.6. The molecular formula is C17H23N3O3. The number of nitrogens with one attached hydrogen (secondary N) is 1. The summed E-state index contributed by atoms with van der Waals surface area (Å²) in [4.78, 5) is 25.2. The van der Waals surface area contributed by atoms with Gasteiger partial charge in [-0.05, 0) is 50.6 Å². The molecule has 1 saturated heterocycles. The molecular weight excluding hydrogens is 294 g/mol. The molecule has 1 saturated carbocycles. The van der Waals surface area contributed by atoms with Crippen LogP contribution >= 0.6 is 0 Å². The van der Waals surface area contributed by atoms with Gasteiger partial charge in [-0.3, -0.25) is 14.9 Å². The Labute approximate surface area is 136 Å². The molecule has 1 heterocycles. The van der Waals surface area contributed by atoms with Crippen LogP contribution in [0, 0.1) is 23.0 Å². The number of aryl methyl sites for hydroxylation is 1. The van der Waals surface area contributed by atoms with Gasteiger partial charge in [0.05, 0.1) is 4.92 Å². The number of piperidine rings is 1. The van der Waals surface area contributed by atoms with Crippen LogP contribution in [-0.4, -0.2) is 41.4 Å². The van der Waals surface area contributed by atoms with Gasteiger partial charge in [0.15, 0.2) is 0 Å². The van der Waals surface area contributed by atoms with Crippen molar-refractivity contribution in [3.05, 3.63) is 39.4 Å². The summed E-state index contributed by atoms with van der Waals surface area (Å²) in [6.45, 7) is 4.16. The van der Waals surface area contributed by atoms with E-state index in [4.69, 9.17) is 0 Å². The maximum Gasteiger partial charge on any atom is 0.282 e. The van der Waals surface area contributed by atoms with E-state index in [-0.39, 0.29) is 17.2 Å². The number of hydrogen-bond donors (Lipinski definition) is 1. The Balaban J connectivity index is 1.64. The highest BCUT2D eigenvalue weighted by Gasteiger charge is 2.30. The highest BCUT2D eigenvalue weighted by Crippen LogP contribution is 2.28. The Morgan fingerprint density at radius 2 is 2.00 bits per heavy atom. The topological polar surface area (TPSA) is 75.5 Å². The summed E-state index contributed by atoms with van der Waals surface area (Å²) in [6, 6.07) is 5.25. The molecule has 1 aliphatic carbocycles. The maximum absolute atomic E-state index is 12.7. The SMILES string of the molecule is Cc1cccc([N+](=O)[O-])c1C(=O)N1CCC(NCC2CC2)CC1. The van der Waals surface area contributed by atoms with Crippen LogP contribution in [0.1, 0.15) is 41.6 Å². The third kappa shape index (κ3) is 3.69. The Bertz CT molecular complexity index is 605. The number of hydrogen-bond acceptors (Lipinski definition) is 4. The summed E-state index contributed by atoms with van der Waals surface area (Å²) in [7, 11) is 0. The van der Waals surface area contributed by atoms with E-state index in [1.807, 2.05) is 0 Å². The number of nitrogens with zero attached hydrogens (tertiary/aromatic N) is 2. The van der Waals surface area contributed by atoms with E-state index >= 15 is 0 Å². The number of benzene rings is 1. The van der Waals surface area contributed by atoms with Crippen molar-refractivity contribution in [2.24, 2.45) is 5.92 Å². The van der Waals surface area contributed by atoms with Crippen molar-refractivity contribution in [1.82, 2.24) is 10.2 Å². The Hall–Kier alpha value is -1.95. The van der Waals surface area contributed by atoms with E-state index in [9.17, 15) is 14.9 Å². The van der Waals surface area contributed by atoms with E-state index in [0.717, 1.165) is 25.3 Å². The molecule has 0 atom stereocenters. The van der Waals surface area contributed by atoms with Gasteiger partial charge in [-0.2, -0.15) is 0 Å². The quantitative estimate of drug-likeness (QED) is 0.669. The van der Waals surface area contributed by atoms with Crippen molar-refractivity contribution in [3.8, 4) is 0 Å². The Morgan fingerprint density at radius 1 is 1.30 bits per heavy atom. The van der Waals surface area contributed by atoms with Gasteiger partial charge >= 0.3 is 0 Å². The van der Waals surface area contributed by atoms with Crippen LogP contribution in [0.15, 0.2) is 18.2 Å². The molecule has 2 fully saturated rings. The molecule has 1 amide bonds. The van der Waals surface area contributed by atoms with Gasteiger partial charge in [0.2, 0.25) is 0 Å². The first-order valence-electron chi connectivity index (χ1n) is 8.33. The van der Waals surface area contributed by atoms with Crippen LogP contribution in [0.5, 0.6) is 0 Å². The molecule has 0 aromatic heterocycles. The van der Waals surface area contributed by atoms with Crippen molar-refractivity contribution >= 4 is 11.6 Å². The van der Waals surface area contributed by atoms with Gasteiger partial charge < -0.3 is 10.2 Å². The third-order valence-corrected chi connectivity index (χ3v) is 4.84. The van der Waals surface area contributed by atoms with Crippen molar-refractivity contribution in [3.63, 3.8) is 0 Å². The monoisotopic (exact) mass is 317 g/mol. The van der Waals surface area contributed by atoms with Gasteiger partial charge in [0, 0.05) is 25.2 Å². The van der Waals surface area contributed by atoms with Gasteiger partial charge in [0.25, 0.3) is 11.6 Å². The summed E-state index contributed by atoms with van der Waals surface area (Å²) in [5, 5.41) is 14.8. The second-order valence-electron chi connectivity index (χ2n) is 6.64. The molecule has 2 aliphatic rings. The van der Waals surface area contributed by atoms with E-state index < -0.39 is 4.92 Å². The largest absolute Gasteiger partial charge is 0.338 e. The van der Waals surface area contributed by atoms with Crippen LogP contribution in [0.2, 0.25) is 0 Å². The highest BCUT2D eigenvalue weighted by molar-refractivity contribution is 5.99. The van der Waals surface area contributed by atoms with E-state index in [0.29, 0.717) is 24.7 Å². The number of carbonyl (C=O) groups excluding carboxylic acids is 1. The first-order valence-corrected chi connectivity index (χ1v) is 8.33. The molecule has 124 valence electrons. The van der Waals surface area contributed by atoms with Gasteiger partial charge in [-0.25, -0.2) is 0 Å². The average molecular weight is 317 g/mol. The molecule has 3 rings (SSSR count). The summed E-state index contributed by atoms with van der Waals surface area (Å²) >= 11 is 0. The van der Waals surface area contributed by atoms with Gasteiger partial charge in [0.1, 0.15) is 5.56 Å². The Morgan fingerprint density at radius 3 is 2.61 bits per heavy atom. The van der Waals surface area contributed by atoms with E-state index in [1.54, 1.807) is 24.0 Å². The minimum Gasteiger partial charge on any atom is -0.338 e. The molecule has 1 aliphatic heterocycles. The molecule has 23 heavy (non-hydrogen) atoms. The van der Waals surface area contributed by atoms with Crippen LogP contribution in [0.3, 0.4) is 0 Å². The fourth-order valence-corrected chi connectivity index (χ4v) is 3.18. The number of nitro groups is 1. The molecule has 6 heteroatoms. The maximum atomic E-state index is 12.7. The zero-order valence-electron chi connectivity index (χ0n) is 13.5. The molecule has 1 aromatic carbocycles. The normalized spacial score (nSPS) is 18.9. The number of nitro benzene ring substituents is 1. The van der Waals surface area contributed by atoms with E-state index in [1.165, 1.54) is 18.9 Å². The second kappa shape index (κ2) is 6.66. The lowest BCUT2D eigenvalue weighted by Gasteiger charge is -2.32. The average Bonchev–Trinajstić information content (AvgIpc) is 3.37. The molecule has 0 radical (unpaired) electrons. The fourth-order valence-electron chi connectivity index (χ4n) is 3.18. The number of amides is 1. The summed E-state index contributed by atoms with van der Waals surface area (Å²) < 4.78 is 0. The number of carbonyl (C=O) groups is 1.